The molecule has 2 heterocycles. The first-order valence-corrected chi connectivity index (χ1v) is 10.9. The highest BCUT2D eigenvalue weighted by atomic mass is 32.2. The number of carbonyl (C=O) groups is 1. The molecule has 31 heavy (non-hydrogen) atoms. The van der Waals surface area contributed by atoms with Crippen molar-refractivity contribution in [3.63, 3.8) is 0 Å². The van der Waals surface area contributed by atoms with E-state index in [0.29, 0.717) is 17.6 Å². The summed E-state index contributed by atoms with van der Waals surface area (Å²) in [7, 11) is -2.74. The number of sulfone groups is 1. The number of ether oxygens (including phenoxy) is 1. The molecule has 158 valence electrons. The van der Waals surface area contributed by atoms with Crippen molar-refractivity contribution < 1.29 is 22.3 Å². The van der Waals surface area contributed by atoms with Gasteiger partial charge in [-0.2, -0.15) is 5.10 Å². The minimum atomic E-state index is -3.96. The molecule has 0 bridgehead atoms. The van der Waals surface area contributed by atoms with E-state index in [1.54, 1.807) is 24.4 Å². The second kappa shape index (κ2) is 8.27. The second-order valence-electron chi connectivity index (χ2n) is 6.87. The Morgan fingerprint density at radius 2 is 1.90 bits per heavy atom. The van der Waals surface area contributed by atoms with E-state index in [0.717, 1.165) is 17.0 Å². The topological polar surface area (TPSA) is 102 Å². The van der Waals surface area contributed by atoms with Crippen LogP contribution < -0.4 is 4.74 Å². The lowest BCUT2D eigenvalue weighted by Gasteiger charge is -2.11. The maximum atomic E-state index is 13.9. The van der Waals surface area contributed by atoms with Crippen LogP contribution in [0.2, 0.25) is 0 Å². The van der Waals surface area contributed by atoms with Gasteiger partial charge < -0.3 is 4.74 Å². The summed E-state index contributed by atoms with van der Waals surface area (Å²) in [5, 5.41) is 7.37. The first-order chi connectivity index (χ1) is 14.9. The summed E-state index contributed by atoms with van der Waals surface area (Å²) in [6.07, 6.45) is 3.79. The first kappa shape index (κ1) is 20.7. The van der Waals surface area contributed by atoms with Crippen LogP contribution in [0.1, 0.15) is 22.3 Å². The van der Waals surface area contributed by atoms with Crippen LogP contribution >= 0.6 is 0 Å². The largest absolute Gasteiger partial charge is 0.492 e. The Morgan fingerprint density at radius 1 is 1.13 bits per heavy atom. The minimum absolute atomic E-state index is 0.0149. The van der Waals surface area contributed by atoms with E-state index in [-0.39, 0.29) is 27.7 Å². The van der Waals surface area contributed by atoms with Crippen LogP contribution in [0, 0.1) is 5.82 Å². The van der Waals surface area contributed by atoms with Crippen LogP contribution in [0.4, 0.5) is 4.39 Å². The molecule has 0 spiro atoms. The molecule has 1 N–H and O–H groups in total. The molecule has 0 aliphatic rings. The molecule has 4 rings (SSSR count). The minimum Gasteiger partial charge on any atom is -0.492 e. The van der Waals surface area contributed by atoms with Gasteiger partial charge in [-0.3, -0.25) is 9.89 Å². The standard InChI is InChI=1S/C22H18FN3O4S/c1-30-21-18(23)3-2-4-20(21)31(28,29)17-8-5-14(6-9-17)7-10-19(27)15-11-16-13-25-26-22(16)24-12-15/h2-6,8-9,11-13H,7,10H2,1H3,(H,24,25,26). The molecule has 0 radical (unpaired) electrons. The third kappa shape index (κ3) is 4.04. The predicted octanol–water partition coefficient (Wildman–Crippen LogP) is 3.75. The number of pyridine rings is 1. The number of methoxy groups -OCH3 is 1. The van der Waals surface area contributed by atoms with Crippen molar-refractivity contribution in [3.05, 3.63) is 77.9 Å². The summed E-state index contributed by atoms with van der Waals surface area (Å²) in [6.45, 7) is 0. The molecule has 0 saturated heterocycles. The number of H-pyrrole nitrogens is 1. The number of aromatic amines is 1. The molecule has 2 aromatic heterocycles. The molecular weight excluding hydrogens is 421 g/mol. The van der Waals surface area contributed by atoms with Gasteiger partial charge in [0.05, 0.1) is 18.2 Å². The molecule has 2 aromatic carbocycles. The van der Waals surface area contributed by atoms with Gasteiger partial charge in [-0.25, -0.2) is 17.8 Å². The molecule has 9 heteroatoms. The Bertz CT molecular complexity index is 1370. The normalized spacial score (nSPS) is 11.5. The highest BCUT2D eigenvalue weighted by molar-refractivity contribution is 7.91. The maximum Gasteiger partial charge on any atom is 0.210 e. The average molecular weight is 439 g/mol. The SMILES string of the molecule is COc1c(F)cccc1S(=O)(=O)c1ccc(CCC(=O)c2cnc3[nH]ncc3c2)cc1. The maximum absolute atomic E-state index is 13.9. The van der Waals surface area contributed by atoms with Crippen molar-refractivity contribution in [1.82, 2.24) is 15.2 Å². The zero-order valence-electron chi connectivity index (χ0n) is 16.5. The van der Waals surface area contributed by atoms with Crippen molar-refractivity contribution in [2.24, 2.45) is 0 Å². The number of carbonyl (C=O) groups excluding carboxylic acids is 1. The van der Waals surface area contributed by atoms with Gasteiger partial charge in [0.25, 0.3) is 0 Å². The fourth-order valence-electron chi connectivity index (χ4n) is 3.25. The number of aromatic nitrogens is 3. The number of Topliss-reactive ketones (excluding diaryl/α,β-unsaturated/α-hetero) is 1. The molecule has 0 amide bonds. The van der Waals surface area contributed by atoms with Crippen LogP contribution in [0.15, 0.2) is 70.7 Å². The van der Waals surface area contributed by atoms with E-state index >= 15 is 0 Å². The lowest BCUT2D eigenvalue weighted by atomic mass is 10.0. The van der Waals surface area contributed by atoms with Crippen molar-refractivity contribution in [1.29, 1.82) is 0 Å². The molecule has 0 atom stereocenters. The third-order valence-corrected chi connectivity index (χ3v) is 6.71. The highest BCUT2D eigenvalue weighted by Crippen LogP contribution is 2.31. The summed E-state index contributed by atoms with van der Waals surface area (Å²) in [6, 6.07) is 11.7. The van der Waals surface area contributed by atoms with Crippen LogP contribution in [-0.4, -0.2) is 36.5 Å². The average Bonchev–Trinajstić information content (AvgIpc) is 3.25. The Labute approximate surface area is 177 Å². The molecule has 7 nitrogen and oxygen atoms in total. The lowest BCUT2D eigenvalue weighted by Crippen LogP contribution is -2.06. The van der Waals surface area contributed by atoms with E-state index in [2.05, 4.69) is 15.2 Å². The Kier molecular flexibility index (Phi) is 5.51. The van der Waals surface area contributed by atoms with Crippen molar-refractivity contribution >= 4 is 26.7 Å². The van der Waals surface area contributed by atoms with Gasteiger partial charge in [0.1, 0.15) is 4.90 Å². The predicted molar refractivity (Wildman–Crippen MR) is 111 cm³/mol. The zero-order valence-corrected chi connectivity index (χ0v) is 17.3. The van der Waals surface area contributed by atoms with Crippen LogP contribution in [-0.2, 0) is 16.3 Å². The molecular formula is C22H18FN3O4S. The summed E-state index contributed by atoms with van der Waals surface area (Å²) in [5.74, 6) is -1.14. The van der Waals surface area contributed by atoms with E-state index in [1.165, 1.54) is 37.6 Å². The fraction of sp³-hybridized carbons (Fsp3) is 0.136. The number of nitrogens with one attached hydrogen (secondary N) is 1. The molecule has 4 aromatic rings. The number of rotatable bonds is 7. The Morgan fingerprint density at radius 3 is 2.65 bits per heavy atom. The monoisotopic (exact) mass is 439 g/mol. The number of ketones is 1. The number of benzene rings is 2. The van der Waals surface area contributed by atoms with Crippen LogP contribution in [0.3, 0.4) is 0 Å². The van der Waals surface area contributed by atoms with Crippen LogP contribution in [0.5, 0.6) is 5.75 Å². The molecule has 0 aliphatic carbocycles. The number of fused-ring (bicyclic) bond motifs is 1. The Balaban J connectivity index is 1.49. The van der Waals surface area contributed by atoms with Gasteiger partial charge in [-0.15, -0.1) is 0 Å². The van der Waals surface area contributed by atoms with Gasteiger partial charge in [0.2, 0.25) is 9.84 Å². The van der Waals surface area contributed by atoms with E-state index in [1.807, 2.05) is 0 Å². The van der Waals surface area contributed by atoms with E-state index < -0.39 is 15.7 Å². The third-order valence-electron chi connectivity index (χ3n) is 4.91. The summed E-state index contributed by atoms with van der Waals surface area (Å²) in [4.78, 5) is 16.4. The van der Waals surface area contributed by atoms with Gasteiger partial charge >= 0.3 is 0 Å². The van der Waals surface area contributed by atoms with Gasteiger partial charge in [0, 0.05) is 23.6 Å². The number of aryl methyl sites for hydroxylation is 1. The number of nitrogens with zero attached hydrogens (tertiary/aromatic N) is 2. The first-order valence-electron chi connectivity index (χ1n) is 9.39. The number of para-hydroxylation sites is 1. The van der Waals surface area contributed by atoms with Gasteiger partial charge in [0.15, 0.2) is 23.0 Å². The summed E-state index contributed by atoms with van der Waals surface area (Å²) >= 11 is 0. The fourth-order valence-corrected chi connectivity index (χ4v) is 4.68. The smallest absolute Gasteiger partial charge is 0.210 e. The van der Waals surface area contributed by atoms with Crippen molar-refractivity contribution in [2.45, 2.75) is 22.6 Å². The molecule has 0 saturated carbocycles. The summed E-state index contributed by atoms with van der Waals surface area (Å²) < 4.78 is 44.6. The number of hydrogen-bond donors (Lipinski definition) is 1. The molecule has 0 unspecified atom stereocenters. The van der Waals surface area contributed by atoms with Crippen molar-refractivity contribution in [2.75, 3.05) is 7.11 Å². The number of halogens is 1. The Hall–Kier alpha value is -3.59. The van der Waals surface area contributed by atoms with E-state index in [9.17, 15) is 17.6 Å². The summed E-state index contributed by atoms with van der Waals surface area (Å²) in [5.41, 5.74) is 1.91. The number of hydrogen-bond acceptors (Lipinski definition) is 6. The highest BCUT2D eigenvalue weighted by Gasteiger charge is 2.24. The van der Waals surface area contributed by atoms with Crippen LogP contribution in [0.25, 0.3) is 11.0 Å². The second-order valence-corrected chi connectivity index (χ2v) is 8.79. The quantitative estimate of drug-likeness (QED) is 0.440. The van der Waals surface area contributed by atoms with Gasteiger partial charge in [-0.05, 0) is 42.3 Å². The molecule has 0 fully saturated rings. The van der Waals surface area contributed by atoms with E-state index in [4.69, 9.17) is 4.74 Å². The zero-order chi connectivity index (χ0) is 22.0. The van der Waals surface area contributed by atoms with Crippen molar-refractivity contribution in [3.8, 4) is 5.75 Å². The molecule has 0 aliphatic heterocycles. The van der Waals surface area contributed by atoms with Gasteiger partial charge in [-0.1, -0.05) is 18.2 Å². The lowest BCUT2D eigenvalue weighted by molar-refractivity contribution is 0.0982.